The quantitative estimate of drug-likeness (QED) is 0.488. The molecule has 2 aliphatic heterocycles. The van der Waals surface area contributed by atoms with Crippen LogP contribution in [-0.4, -0.2) is 18.4 Å². The Bertz CT molecular complexity index is 857. The number of benzene rings is 2. The minimum absolute atomic E-state index is 0.106. The zero-order chi connectivity index (χ0) is 21.0. The van der Waals surface area contributed by atoms with Crippen molar-refractivity contribution < 1.29 is 37.9 Å². The average molecular weight is 420 g/mol. The first-order valence-electron chi connectivity index (χ1n) is 9.93. The topological polar surface area (TPSA) is 63.2 Å². The molecule has 0 amide bonds. The molecule has 30 heavy (non-hydrogen) atoms. The molecule has 2 saturated heterocycles. The number of ether oxygens (including phenoxy) is 1. The predicted octanol–water partition coefficient (Wildman–Crippen LogP) is 4.93. The first-order valence-corrected chi connectivity index (χ1v) is 9.93. The second kappa shape index (κ2) is 9.28. The molecule has 3 atom stereocenters. The van der Waals surface area contributed by atoms with Crippen LogP contribution in [0, 0.1) is 11.6 Å². The molecule has 1 unspecified atom stereocenters. The molecule has 2 aliphatic rings. The lowest BCUT2D eigenvalue weighted by molar-refractivity contribution is -0.589. The Morgan fingerprint density at radius 2 is 1.67 bits per heavy atom. The number of Topliss-reactive ketones (excluding diaryl/α,β-unsaturated/α-hetero) is 1. The van der Waals surface area contributed by atoms with Gasteiger partial charge in [-0.1, -0.05) is 12.1 Å². The highest BCUT2D eigenvalue weighted by atomic mass is 19.1. The van der Waals surface area contributed by atoms with Crippen LogP contribution in [0.4, 0.5) is 8.78 Å². The monoisotopic (exact) mass is 420 g/mol. The van der Waals surface area contributed by atoms with E-state index in [4.69, 9.17) is 24.3 Å². The van der Waals surface area contributed by atoms with Crippen molar-refractivity contribution in [2.24, 2.45) is 0 Å². The van der Waals surface area contributed by atoms with E-state index in [1.807, 2.05) is 0 Å². The Kier molecular flexibility index (Phi) is 6.50. The molecular formula is C22H22F2O6. The molecule has 4 rings (SSSR count). The van der Waals surface area contributed by atoms with E-state index in [1.165, 1.54) is 36.4 Å². The summed E-state index contributed by atoms with van der Waals surface area (Å²) in [7, 11) is 0. The third kappa shape index (κ3) is 4.91. The number of fused-ring (bicyclic) bond motifs is 2. The third-order valence-corrected chi connectivity index (χ3v) is 5.12. The van der Waals surface area contributed by atoms with Gasteiger partial charge in [-0.15, -0.1) is 0 Å². The van der Waals surface area contributed by atoms with E-state index in [-0.39, 0.29) is 23.8 Å². The van der Waals surface area contributed by atoms with Gasteiger partial charge in [-0.05, 0) is 49.2 Å². The van der Waals surface area contributed by atoms with Gasteiger partial charge in [0.15, 0.2) is 12.1 Å². The van der Waals surface area contributed by atoms with Gasteiger partial charge in [0.25, 0.3) is 0 Å². The first kappa shape index (κ1) is 21.0. The van der Waals surface area contributed by atoms with E-state index >= 15 is 0 Å². The fourth-order valence-electron chi connectivity index (χ4n) is 3.50. The van der Waals surface area contributed by atoms with Crippen molar-refractivity contribution in [3.63, 3.8) is 0 Å². The number of hydrogen-bond donors (Lipinski definition) is 0. The highest BCUT2D eigenvalue weighted by Gasteiger charge is 2.45. The van der Waals surface area contributed by atoms with Crippen molar-refractivity contribution in [1.29, 1.82) is 0 Å². The molecule has 2 aromatic carbocycles. The zero-order valence-corrected chi connectivity index (χ0v) is 16.2. The van der Waals surface area contributed by atoms with Crippen molar-refractivity contribution in [1.82, 2.24) is 0 Å². The molecule has 0 spiro atoms. The maximum Gasteiger partial charge on any atom is 0.230 e. The molecule has 0 saturated carbocycles. The number of rotatable bonds is 6. The maximum absolute atomic E-state index is 13.3. The molecule has 8 heteroatoms. The van der Waals surface area contributed by atoms with Crippen LogP contribution in [0.1, 0.15) is 54.4 Å². The molecule has 6 nitrogen and oxygen atoms in total. The lowest BCUT2D eigenvalue weighted by Crippen LogP contribution is -2.45. The number of ketones is 1. The van der Waals surface area contributed by atoms with Gasteiger partial charge in [0.1, 0.15) is 11.6 Å². The number of carbonyl (C=O) groups excluding carboxylic acids is 1. The summed E-state index contributed by atoms with van der Waals surface area (Å²) < 4.78 is 32.2. The summed E-state index contributed by atoms with van der Waals surface area (Å²) in [6, 6.07) is 11.2. The Labute approximate surface area is 172 Å². The molecule has 2 bridgehead atoms. The Hall–Kier alpha value is -2.23. The summed E-state index contributed by atoms with van der Waals surface area (Å²) in [5.41, 5.74) is 1.06. The summed E-state index contributed by atoms with van der Waals surface area (Å²) in [5, 5.41) is 0. The molecule has 0 N–H and O–H groups in total. The summed E-state index contributed by atoms with van der Waals surface area (Å²) >= 11 is 0. The van der Waals surface area contributed by atoms with Crippen LogP contribution >= 0.6 is 0 Å². The van der Waals surface area contributed by atoms with Crippen molar-refractivity contribution in [2.45, 2.75) is 56.9 Å². The second-order valence-electron chi connectivity index (χ2n) is 7.32. The largest absolute Gasteiger partial charge is 0.311 e. The number of hydrogen-bond acceptors (Lipinski definition) is 6. The SMILES string of the molecule is O=C(CCCC1OO[C@H]2CCC[C@@](c3ccc(F)cc3)(OO1)O2)c1ccc(F)cc1. The lowest BCUT2D eigenvalue weighted by atomic mass is 9.97. The lowest BCUT2D eigenvalue weighted by Gasteiger charge is -2.41. The molecule has 160 valence electrons. The standard InChI is InChI=1S/C22H22F2O6/c23-17-10-6-15(7-11-17)19(25)3-1-4-21-28-27-20-5-2-14-22(26-20,30-29-21)16-8-12-18(24)13-9-16/h6-13,20-21H,1-5,14H2/t20-,21?,22-/m0/s1. The fraction of sp³-hybridized carbons (Fsp3) is 0.409. The molecule has 0 aromatic heterocycles. The van der Waals surface area contributed by atoms with Crippen LogP contribution in [-0.2, 0) is 30.1 Å². The Morgan fingerprint density at radius 1 is 0.967 bits per heavy atom. The molecule has 2 heterocycles. The molecule has 0 aliphatic carbocycles. The van der Waals surface area contributed by atoms with Crippen LogP contribution in [0.25, 0.3) is 0 Å². The smallest absolute Gasteiger partial charge is 0.230 e. The van der Waals surface area contributed by atoms with Crippen LogP contribution in [0.3, 0.4) is 0 Å². The van der Waals surface area contributed by atoms with Crippen LogP contribution in [0.5, 0.6) is 0 Å². The highest BCUT2D eigenvalue weighted by molar-refractivity contribution is 5.95. The summed E-state index contributed by atoms with van der Waals surface area (Å²) in [6.07, 6.45) is 1.35. The van der Waals surface area contributed by atoms with Crippen molar-refractivity contribution in [3.05, 3.63) is 71.3 Å². The number of halogens is 2. The van der Waals surface area contributed by atoms with Crippen LogP contribution in [0.2, 0.25) is 0 Å². The molecular weight excluding hydrogens is 398 g/mol. The summed E-state index contributed by atoms with van der Waals surface area (Å²) in [6.45, 7) is 0. The van der Waals surface area contributed by atoms with Crippen LogP contribution < -0.4 is 0 Å². The fourth-order valence-corrected chi connectivity index (χ4v) is 3.50. The molecule has 0 radical (unpaired) electrons. The zero-order valence-electron chi connectivity index (χ0n) is 16.2. The van der Waals surface area contributed by atoms with Gasteiger partial charge >= 0.3 is 0 Å². The number of carbonyl (C=O) groups is 1. The van der Waals surface area contributed by atoms with E-state index in [0.29, 0.717) is 36.8 Å². The van der Waals surface area contributed by atoms with Gasteiger partial charge in [0.2, 0.25) is 12.1 Å². The third-order valence-electron chi connectivity index (χ3n) is 5.12. The van der Waals surface area contributed by atoms with Crippen molar-refractivity contribution in [3.8, 4) is 0 Å². The average Bonchev–Trinajstić information content (AvgIpc) is 2.75. The first-order chi connectivity index (χ1) is 14.5. The van der Waals surface area contributed by atoms with Gasteiger partial charge in [0, 0.05) is 36.8 Å². The normalized spacial score (nSPS) is 26.6. The Morgan fingerprint density at radius 3 is 2.40 bits per heavy atom. The minimum atomic E-state index is -1.22. The predicted molar refractivity (Wildman–Crippen MR) is 99.5 cm³/mol. The van der Waals surface area contributed by atoms with E-state index in [2.05, 4.69) is 0 Å². The van der Waals surface area contributed by atoms with Crippen molar-refractivity contribution >= 4 is 5.78 Å². The molecule has 2 aromatic rings. The van der Waals surface area contributed by atoms with Gasteiger partial charge < -0.3 is 4.74 Å². The second-order valence-corrected chi connectivity index (χ2v) is 7.32. The van der Waals surface area contributed by atoms with E-state index in [1.54, 1.807) is 12.1 Å². The minimum Gasteiger partial charge on any atom is -0.311 e. The van der Waals surface area contributed by atoms with Gasteiger partial charge in [0.05, 0.1) is 0 Å². The molecule has 2 fully saturated rings. The highest BCUT2D eigenvalue weighted by Crippen LogP contribution is 2.41. The van der Waals surface area contributed by atoms with E-state index < -0.39 is 18.4 Å². The Balaban J connectivity index is 1.36. The van der Waals surface area contributed by atoms with E-state index in [0.717, 1.165) is 6.42 Å². The van der Waals surface area contributed by atoms with Gasteiger partial charge in [-0.3, -0.25) is 4.79 Å². The van der Waals surface area contributed by atoms with E-state index in [9.17, 15) is 13.6 Å². The van der Waals surface area contributed by atoms with Crippen molar-refractivity contribution in [2.75, 3.05) is 0 Å². The van der Waals surface area contributed by atoms with Gasteiger partial charge in [-0.25, -0.2) is 13.7 Å². The summed E-state index contributed by atoms with van der Waals surface area (Å²) in [4.78, 5) is 34.0. The summed E-state index contributed by atoms with van der Waals surface area (Å²) in [5.74, 6) is -2.08. The van der Waals surface area contributed by atoms with Gasteiger partial charge in [-0.2, -0.15) is 14.7 Å². The van der Waals surface area contributed by atoms with Crippen LogP contribution in [0.15, 0.2) is 48.5 Å². The maximum atomic E-state index is 13.3.